The molecule has 0 saturated heterocycles. The highest BCUT2D eigenvalue weighted by Crippen LogP contribution is 2.41. The van der Waals surface area contributed by atoms with E-state index in [1.54, 1.807) is 0 Å². The highest BCUT2D eigenvalue weighted by Gasteiger charge is 2.34. The van der Waals surface area contributed by atoms with Crippen LogP contribution in [0.5, 0.6) is 0 Å². The van der Waals surface area contributed by atoms with Crippen LogP contribution in [0, 0.1) is 22.7 Å². The van der Waals surface area contributed by atoms with E-state index in [0.717, 1.165) is 38.4 Å². The molecule has 1 fully saturated rings. The van der Waals surface area contributed by atoms with E-state index in [0.29, 0.717) is 0 Å². The van der Waals surface area contributed by atoms with Crippen LogP contribution in [0.25, 0.3) is 0 Å². The SMILES string of the molecule is CCOCCC1(C#N)CCC(CC)CC1. The average molecular weight is 209 g/mol. The van der Waals surface area contributed by atoms with Crippen molar-refractivity contribution in [3.8, 4) is 6.07 Å². The van der Waals surface area contributed by atoms with Gasteiger partial charge in [0.15, 0.2) is 0 Å². The van der Waals surface area contributed by atoms with Gasteiger partial charge in [-0.05, 0) is 44.9 Å². The first-order valence-electron chi connectivity index (χ1n) is 6.25. The molecule has 0 N–H and O–H groups in total. The van der Waals surface area contributed by atoms with Gasteiger partial charge in [-0.25, -0.2) is 0 Å². The van der Waals surface area contributed by atoms with Crippen LogP contribution in [0.15, 0.2) is 0 Å². The summed E-state index contributed by atoms with van der Waals surface area (Å²) in [6, 6.07) is 2.54. The third-order valence-corrected chi connectivity index (χ3v) is 3.81. The molecule has 1 aliphatic carbocycles. The van der Waals surface area contributed by atoms with Gasteiger partial charge in [-0.2, -0.15) is 5.26 Å². The molecule has 2 heteroatoms. The number of nitrogens with zero attached hydrogens (tertiary/aromatic N) is 1. The Morgan fingerprint density at radius 1 is 1.33 bits per heavy atom. The summed E-state index contributed by atoms with van der Waals surface area (Å²) < 4.78 is 5.37. The van der Waals surface area contributed by atoms with Gasteiger partial charge in [0, 0.05) is 13.2 Å². The first-order valence-corrected chi connectivity index (χ1v) is 6.25. The summed E-state index contributed by atoms with van der Waals surface area (Å²) >= 11 is 0. The van der Waals surface area contributed by atoms with Gasteiger partial charge in [0.1, 0.15) is 0 Å². The Bertz CT molecular complexity index is 206. The van der Waals surface area contributed by atoms with Crippen molar-refractivity contribution in [3.63, 3.8) is 0 Å². The van der Waals surface area contributed by atoms with Crippen LogP contribution in [-0.4, -0.2) is 13.2 Å². The van der Waals surface area contributed by atoms with Crippen LogP contribution >= 0.6 is 0 Å². The quantitative estimate of drug-likeness (QED) is 0.649. The second-order valence-electron chi connectivity index (χ2n) is 4.69. The van der Waals surface area contributed by atoms with Gasteiger partial charge in [0.2, 0.25) is 0 Å². The van der Waals surface area contributed by atoms with Gasteiger partial charge in [0.05, 0.1) is 11.5 Å². The standard InChI is InChI=1S/C13H23NO/c1-3-12-5-7-13(11-14,8-6-12)9-10-15-4-2/h12H,3-10H2,1-2H3. The van der Waals surface area contributed by atoms with Gasteiger partial charge in [0.25, 0.3) is 0 Å². The van der Waals surface area contributed by atoms with Crippen LogP contribution in [0.3, 0.4) is 0 Å². The fourth-order valence-electron chi connectivity index (χ4n) is 2.47. The normalized spacial score (nSPS) is 31.1. The fraction of sp³-hybridized carbons (Fsp3) is 0.923. The number of ether oxygens (including phenoxy) is 1. The molecule has 1 aliphatic rings. The smallest absolute Gasteiger partial charge is 0.0690 e. The largest absolute Gasteiger partial charge is 0.382 e. The summed E-state index contributed by atoms with van der Waals surface area (Å²) in [5.41, 5.74) is -0.0686. The van der Waals surface area contributed by atoms with Crippen molar-refractivity contribution in [2.75, 3.05) is 13.2 Å². The van der Waals surface area contributed by atoms with E-state index >= 15 is 0 Å². The van der Waals surface area contributed by atoms with Crippen LogP contribution in [0.4, 0.5) is 0 Å². The molecular weight excluding hydrogens is 186 g/mol. The van der Waals surface area contributed by atoms with Gasteiger partial charge in [-0.1, -0.05) is 13.3 Å². The van der Waals surface area contributed by atoms with Crippen molar-refractivity contribution in [1.82, 2.24) is 0 Å². The Morgan fingerprint density at radius 2 is 2.00 bits per heavy atom. The Balaban J connectivity index is 2.39. The monoisotopic (exact) mass is 209 g/mol. The third kappa shape index (κ3) is 3.50. The summed E-state index contributed by atoms with van der Waals surface area (Å²) in [6.07, 6.45) is 6.82. The first-order chi connectivity index (χ1) is 7.26. The van der Waals surface area contributed by atoms with Crippen molar-refractivity contribution >= 4 is 0 Å². The summed E-state index contributed by atoms with van der Waals surface area (Å²) in [5.74, 6) is 0.860. The van der Waals surface area contributed by atoms with Crippen molar-refractivity contribution in [2.24, 2.45) is 11.3 Å². The summed E-state index contributed by atoms with van der Waals surface area (Å²) in [7, 11) is 0. The minimum absolute atomic E-state index is 0.0686. The van der Waals surface area contributed by atoms with Crippen LogP contribution < -0.4 is 0 Å². The molecule has 86 valence electrons. The lowest BCUT2D eigenvalue weighted by atomic mass is 9.69. The molecular formula is C13H23NO. The van der Waals surface area contributed by atoms with Crippen LogP contribution in [-0.2, 0) is 4.74 Å². The molecule has 2 nitrogen and oxygen atoms in total. The minimum atomic E-state index is -0.0686. The topological polar surface area (TPSA) is 33.0 Å². The maximum Gasteiger partial charge on any atom is 0.0690 e. The predicted octanol–water partition coefficient (Wildman–Crippen LogP) is 3.52. The molecule has 0 amide bonds. The number of hydrogen-bond acceptors (Lipinski definition) is 2. The van der Waals surface area contributed by atoms with Gasteiger partial charge >= 0.3 is 0 Å². The van der Waals surface area contributed by atoms with E-state index in [1.807, 2.05) is 6.92 Å². The molecule has 1 saturated carbocycles. The lowest BCUT2D eigenvalue weighted by Gasteiger charge is -2.34. The van der Waals surface area contributed by atoms with Crippen molar-refractivity contribution in [1.29, 1.82) is 5.26 Å². The lowest BCUT2D eigenvalue weighted by molar-refractivity contribution is 0.0967. The number of nitriles is 1. The van der Waals surface area contributed by atoms with E-state index in [1.165, 1.54) is 19.3 Å². The molecule has 0 aromatic carbocycles. The van der Waals surface area contributed by atoms with Gasteiger partial charge in [-0.15, -0.1) is 0 Å². The Morgan fingerprint density at radius 3 is 2.47 bits per heavy atom. The zero-order valence-corrected chi connectivity index (χ0v) is 10.1. The third-order valence-electron chi connectivity index (χ3n) is 3.81. The summed E-state index contributed by atoms with van der Waals surface area (Å²) in [6.45, 7) is 5.78. The second-order valence-corrected chi connectivity index (χ2v) is 4.69. The molecule has 0 aromatic rings. The minimum Gasteiger partial charge on any atom is -0.382 e. The average Bonchev–Trinajstić information content (AvgIpc) is 2.30. The lowest BCUT2D eigenvalue weighted by Crippen LogP contribution is -2.27. The molecule has 0 radical (unpaired) electrons. The van der Waals surface area contributed by atoms with E-state index in [-0.39, 0.29) is 5.41 Å². The molecule has 0 atom stereocenters. The van der Waals surface area contributed by atoms with E-state index < -0.39 is 0 Å². The summed E-state index contributed by atoms with van der Waals surface area (Å²) in [5, 5.41) is 9.29. The second kappa shape index (κ2) is 6.12. The zero-order chi connectivity index (χ0) is 11.1. The van der Waals surface area contributed by atoms with E-state index in [2.05, 4.69) is 13.0 Å². The fourth-order valence-corrected chi connectivity index (χ4v) is 2.47. The van der Waals surface area contributed by atoms with Crippen LogP contribution in [0.2, 0.25) is 0 Å². The van der Waals surface area contributed by atoms with Gasteiger partial charge < -0.3 is 4.74 Å². The van der Waals surface area contributed by atoms with E-state index in [4.69, 9.17) is 4.74 Å². The predicted molar refractivity (Wildman–Crippen MR) is 61.4 cm³/mol. The first kappa shape index (κ1) is 12.5. The molecule has 1 rings (SSSR count). The molecule has 0 aliphatic heterocycles. The molecule has 15 heavy (non-hydrogen) atoms. The Kier molecular flexibility index (Phi) is 5.11. The molecule has 0 aromatic heterocycles. The molecule has 0 unspecified atom stereocenters. The maximum absolute atomic E-state index is 9.29. The highest BCUT2D eigenvalue weighted by molar-refractivity contribution is 5.01. The van der Waals surface area contributed by atoms with Crippen LogP contribution in [0.1, 0.15) is 52.4 Å². The molecule has 0 bridgehead atoms. The summed E-state index contributed by atoms with van der Waals surface area (Å²) in [4.78, 5) is 0. The van der Waals surface area contributed by atoms with E-state index in [9.17, 15) is 5.26 Å². The number of rotatable bonds is 5. The molecule has 0 heterocycles. The van der Waals surface area contributed by atoms with Gasteiger partial charge in [-0.3, -0.25) is 0 Å². The highest BCUT2D eigenvalue weighted by atomic mass is 16.5. The van der Waals surface area contributed by atoms with Crippen molar-refractivity contribution < 1.29 is 4.74 Å². The zero-order valence-electron chi connectivity index (χ0n) is 10.1. The number of hydrogen-bond donors (Lipinski definition) is 0. The Labute approximate surface area is 93.6 Å². The van der Waals surface area contributed by atoms with Crippen molar-refractivity contribution in [2.45, 2.75) is 52.4 Å². The maximum atomic E-state index is 9.29. The Hall–Kier alpha value is -0.550. The molecule has 0 spiro atoms. The van der Waals surface area contributed by atoms with Crippen molar-refractivity contribution in [3.05, 3.63) is 0 Å².